The zero-order valence-corrected chi connectivity index (χ0v) is 12.4. The highest BCUT2D eigenvalue weighted by Crippen LogP contribution is 2.34. The lowest BCUT2D eigenvalue weighted by molar-refractivity contribution is -0.384. The van der Waals surface area contributed by atoms with E-state index in [2.05, 4.69) is 10.1 Å². The SMILES string of the molecule is COC(=O)c1ccc([N+](=O)[O-])c(N[C@@H]2COC[C@]2(C)CO)c1. The molecule has 2 rings (SSSR count). The van der Waals surface area contributed by atoms with Gasteiger partial charge in [-0.25, -0.2) is 4.79 Å². The minimum absolute atomic E-state index is 0.116. The number of aliphatic hydroxyl groups excluding tert-OH is 1. The highest BCUT2D eigenvalue weighted by Gasteiger charge is 2.40. The maximum atomic E-state index is 11.6. The summed E-state index contributed by atoms with van der Waals surface area (Å²) >= 11 is 0. The average molecular weight is 310 g/mol. The number of hydrogen-bond donors (Lipinski definition) is 2. The van der Waals surface area contributed by atoms with E-state index in [1.165, 1.54) is 25.3 Å². The third-order valence-corrected chi connectivity index (χ3v) is 3.86. The second kappa shape index (κ2) is 6.29. The van der Waals surface area contributed by atoms with Gasteiger partial charge in [0.2, 0.25) is 0 Å². The molecule has 0 spiro atoms. The number of aliphatic hydroxyl groups is 1. The van der Waals surface area contributed by atoms with E-state index in [4.69, 9.17) is 4.74 Å². The molecule has 0 aromatic heterocycles. The van der Waals surface area contributed by atoms with Crippen molar-refractivity contribution in [3.05, 3.63) is 33.9 Å². The molecule has 120 valence electrons. The van der Waals surface area contributed by atoms with Gasteiger partial charge < -0.3 is 19.9 Å². The highest BCUT2D eigenvalue weighted by atomic mass is 16.6. The Hall–Kier alpha value is -2.19. The molecule has 1 aliphatic rings. The summed E-state index contributed by atoms with van der Waals surface area (Å²) < 4.78 is 9.97. The Bertz CT molecular complexity index is 591. The Morgan fingerprint density at radius 3 is 2.95 bits per heavy atom. The summed E-state index contributed by atoms with van der Waals surface area (Å²) in [5.41, 5.74) is -0.294. The van der Waals surface area contributed by atoms with Gasteiger partial charge in [-0.15, -0.1) is 0 Å². The molecule has 1 aliphatic heterocycles. The fourth-order valence-corrected chi connectivity index (χ4v) is 2.33. The molecule has 0 saturated carbocycles. The number of nitro groups is 1. The zero-order chi connectivity index (χ0) is 16.3. The van der Waals surface area contributed by atoms with Gasteiger partial charge in [-0.3, -0.25) is 10.1 Å². The largest absolute Gasteiger partial charge is 0.465 e. The molecule has 0 radical (unpaired) electrons. The maximum Gasteiger partial charge on any atom is 0.337 e. The van der Waals surface area contributed by atoms with Crippen LogP contribution in [0.1, 0.15) is 17.3 Å². The van der Waals surface area contributed by atoms with Crippen LogP contribution in [0.15, 0.2) is 18.2 Å². The first-order valence-corrected chi connectivity index (χ1v) is 6.73. The molecule has 8 heteroatoms. The molecular formula is C14H18N2O6. The van der Waals surface area contributed by atoms with Crippen LogP contribution in [-0.2, 0) is 9.47 Å². The van der Waals surface area contributed by atoms with Crippen molar-refractivity contribution in [2.45, 2.75) is 13.0 Å². The molecule has 0 aliphatic carbocycles. The standard InChI is InChI=1S/C14H18N2O6/c1-14(7-17)8-22-6-12(14)15-10-5-9(13(18)21-2)3-4-11(10)16(19)20/h3-5,12,15,17H,6-8H2,1-2H3/t12-,14+/m1/s1. The summed E-state index contributed by atoms with van der Waals surface area (Å²) in [6, 6.07) is 3.66. The quantitative estimate of drug-likeness (QED) is 0.477. The highest BCUT2D eigenvalue weighted by molar-refractivity contribution is 5.91. The molecule has 0 bridgehead atoms. The molecule has 1 fully saturated rings. The summed E-state index contributed by atoms with van der Waals surface area (Å²) in [6.07, 6.45) is 0. The van der Waals surface area contributed by atoms with Gasteiger partial charge in [-0.05, 0) is 12.1 Å². The Kier molecular flexibility index (Phi) is 4.62. The van der Waals surface area contributed by atoms with Crippen molar-refractivity contribution in [2.75, 3.05) is 32.2 Å². The van der Waals surface area contributed by atoms with Gasteiger partial charge in [0.1, 0.15) is 5.69 Å². The van der Waals surface area contributed by atoms with E-state index in [9.17, 15) is 20.0 Å². The van der Waals surface area contributed by atoms with Crippen molar-refractivity contribution < 1.29 is 24.3 Å². The summed E-state index contributed by atoms with van der Waals surface area (Å²) in [6.45, 7) is 2.38. The van der Waals surface area contributed by atoms with Crippen LogP contribution in [0.3, 0.4) is 0 Å². The lowest BCUT2D eigenvalue weighted by Gasteiger charge is -2.28. The van der Waals surface area contributed by atoms with Crippen LogP contribution in [0.4, 0.5) is 11.4 Å². The van der Waals surface area contributed by atoms with E-state index in [0.29, 0.717) is 13.2 Å². The summed E-state index contributed by atoms with van der Waals surface area (Å²) in [7, 11) is 1.24. The van der Waals surface area contributed by atoms with Gasteiger partial charge in [0.05, 0.1) is 43.5 Å². The van der Waals surface area contributed by atoms with E-state index in [-0.39, 0.29) is 29.6 Å². The van der Waals surface area contributed by atoms with E-state index in [1.807, 2.05) is 6.92 Å². The Morgan fingerprint density at radius 2 is 2.36 bits per heavy atom. The first-order chi connectivity index (χ1) is 10.4. The molecular weight excluding hydrogens is 292 g/mol. The van der Waals surface area contributed by atoms with Crippen molar-refractivity contribution in [1.29, 1.82) is 0 Å². The van der Waals surface area contributed by atoms with Crippen molar-refractivity contribution in [3.8, 4) is 0 Å². The number of rotatable bonds is 5. The minimum atomic E-state index is -0.578. The van der Waals surface area contributed by atoms with Crippen molar-refractivity contribution in [1.82, 2.24) is 0 Å². The molecule has 2 atom stereocenters. The molecule has 1 heterocycles. The molecule has 1 saturated heterocycles. The van der Waals surface area contributed by atoms with E-state index in [1.54, 1.807) is 0 Å². The van der Waals surface area contributed by atoms with Gasteiger partial charge in [-0.1, -0.05) is 6.92 Å². The molecule has 8 nitrogen and oxygen atoms in total. The number of esters is 1. The number of ether oxygens (including phenoxy) is 2. The normalized spacial score (nSPS) is 24.0. The van der Waals surface area contributed by atoms with Crippen molar-refractivity contribution in [3.63, 3.8) is 0 Å². The molecule has 0 amide bonds. The fourth-order valence-electron chi connectivity index (χ4n) is 2.33. The van der Waals surface area contributed by atoms with Gasteiger partial charge in [0.25, 0.3) is 5.69 Å². The molecule has 1 aromatic rings. The number of carbonyl (C=O) groups is 1. The van der Waals surface area contributed by atoms with Crippen LogP contribution in [0.5, 0.6) is 0 Å². The number of nitro benzene ring substituents is 1. The topological polar surface area (TPSA) is 111 Å². The number of hydrogen-bond acceptors (Lipinski definition) is 7. The molecule has 22 heavy (non-hydrogen) atoms. The summed E-state index contributed by atoms with van der Waals surface area (Å²) in [5, 5.41) is 23.7. The average Bonchev–Trinajstić information content (AvgIpc) is 2.87. The molecule has 0 unspecified atom stereocenters. The van der Waals surface area contributed by atoms with Crippen molar-refractivity contribution >= 4 is 17.3 Å². The van der Waals surface area contributed by atoms with Crippen LogP contribution in [0, 0.1) is 15.5 Å². The van der Waals surface area contributed by atoms with E-state index >= 15 is 0 Å². The van der Waals surface area contributed by atoms with Gasteiger partial charge in [0, 0.05) is 11.5 Å². The smallest absolute Gasteiger partial charge is 0.337 e. The first kappa shape index (κ1) is 16.2. The minimum Gasteiger partial charge on any atom is -0.465 e. The van der Waals surface area contributed by atoms with Crippen LogP contribution in [0.25, 0.3) is 0 Å². The predicted octanol–water partition coefficient (Wildman–Crippen LogP) is 1.19. The van der Waals surface area contributed by atoms with E-state index in [0.717, 1.165) is 0 Å². The van der Waals surface area contributed by atoms with Gasteiger partial charge in [0.15, 0.2) is 0 Å². The fraction of sp³-hybridized carbons (Fsp3) is 0.500. The summed E-state index contributed by atoms with van der Waals surface area (Å²) in [4.78, 5) is 22.2. The van der Waals surface area contributed by atoms with Crippen LogP contribution >= 0.6 is 0 Å². The van der Waals surface area contributed by atoms with Crippen molar-refractivity contribution in [2.24, 2.45) is 5.41 Å². The zero-order valence-electron chi connectivity index (χ0n) is 12.4. The summed E-state index contributed by atoms with van der Waals surface area (Å²) in [5.74, 6) is -0.578. The lowest BCUT2D eigenvalue weighted by Crippen LogP contribution is -2.40. The van der Waals surface area contributed by atoms with Crippen LogP contribution < -0.4 is 5.32 Å². The number of benzene rings is 1. The number of methoxy groups -OCH3 is 1. The number of nitrogens with zero attached hydrogens (tertiary/aromatic N) is 1. The van der Waals surface area contributed by atoms with Crippen LogP contribution in [0.2, 0.25) is 0 Å². The Balaban J connectivity index is 2.35. The second-order valence-corrected chi connectivity index (χ2v) is 5.50. The predicted molar refractivity (Wildman–Crippen MR) is 77.9 cm³/mol. The number of carbonyl (C=O) groups excluding carboxylic acids is 1. The molecule has 1 aromatic carbocycles. The van der Waals surface area contributed by atoms with E-state index < -0.39 is 16.3 Å². The monoisotopic (exact) mass is 310 g/mol. The van der Waals surface area contributed by atoms with Gasteiger partial charge in [-0.2, -0.15) is 0 Å². The number of anilines is 1. The van der Waals surface area contributed by atoms with Gasteiger partial charge >= 0.3 is 5.97 Å². The molecule has 2 N–H and O–H groups in total. The third kappa shape index (κ3) is 3.02. The third-order valence-electron chi connectivity index (χ3n) is 3.86. The first-order valence-electron chi connectivity index (χ1n) is 6.73. The maximum absolute atomic E-state index is 11.6. The van der Waals surface area contributed by atoms with Crippen LogP contribution in [-0.4, -0.2) is 49.0 Å². The second-order valence-electron chi connectivity index (χ2n) is 5.50. The Labute approximate surface area is 127 Å². The Morgan fingerprint density at radius 1 is 1.64 bits per heavy atom. The lowest BCUT2D eigenvalue weighted by atomic mass is 9.86. The number of nitrogens with one attached hydrogen (secondary N) is 1.